The van der Waals surface area contributed by atoms with Gasteiger partial charge in [0.1, 0.15) is 5.82 Å². The third-order valence-corrected chi connectivity index (χ3v) is 2.63. The molecular formula is C13H18ClFN2O2. The normalized spacial score (nSPS) is 12.2. The van der Waals surface area contributed by atoms with Gasteiger partial charge in [-0.15, -0.1) is 0 Å². The predicted molar refractivity (Wildman–Crippen MR) is 73.8 cm³/mol. The second-order valence-corrected chi connectivity index (χ2v) is 4.10. The van der Waals surface area contributed by atoms with E-state index in [2.05, 4.69) is 4.99 Å². The van der Waals surface area contributed by atoms with Crippen LogP contribution in [0.3, 0.4) is 0 Å². The summed E-state index contributed by atoms with van der Waals surface area (Å²) in [4.78, 5) is 4.08. The molecule has 0 aromatic heterocycles. The molecule has 1 rings (SSSR count). The van der Waals surface area contributed by atoms with Crippen molar-refractivity contribution in [3.63, 3.8) is 0 Å². The number of hydrogen-bond donors (Lipinski definition) is 1. The fraction of sp³-hybridized carbons (Fsp3) is 0.462. The summed E-state index contributed by atoms with van der Waals surface area (Å²) in [6.07, 6.45) is -0.697. The van der Waals surface area contributed by atoms with Crippen LogP contribution in [-0.2, 0) is 16.0 Å². The van der Waals surface area contributed by atoms with E-state index in [0.717, 1.165) is 0 Å². The molecule has 6 heteroatoms. The summed E-state index contributed by atoms with van der Waals surface area (Å²) in [6, 6.07) is 4.75. The van der Waals surface area contributed by atoms with Gasteiger partial charge in [-0.1, -0.05) is 23.7 Å². The molecule has 1 aromatic rings. The molecule has 0 saturated heterocycles. The van der Waals surface area contributed by atoms with Crippen molar-refractivity contribution >= 4 is 17.4 Å². The molecular weight excluding hydrogens is 271 g/mol. The Hall–Kier alpha value is -1.17. The van der Waals surface area contributed by atoms with E-state index in [1.165, 1.54) is 6.07 Å². The third-order valence-electron chi connectivity index (χ3n) is 2.34. The van der Waals surface area contributed by atoms with Crippen LogP contribution in [0.25, 0.3) is 0 Å². The van der Waals surface area contributed by atoms with E-state index < -0.39 is 12.1 Å². The summed E-state index contributed by atoms with van der Waals surface area (Å²) < 4.78 is 24.2. The first-order valence-electron chi connectivity index (χ1n) is 6.06. The number of amidine groups is 1. The van der Waals surface area contributed by atoms with E-state index in [0.29, 0.717) is 18.8 Å². The highest BCUT2D eigenvalue weighted by Gasteiger charge is 2.13. The Kier molecular flexibility index (Phi) is 6.77. The van der Waals surface area contributed by atoms with Gasteiger partial charge in [0.05, 0.1) is 11.6 Å². The van der Waals surface area contributed by atoms with Crippen LogP contribution in [0.4, 0.5) is 4.39 Å². The average molecular weight is 289 g/mol. The molecule has 0 spiro atoms. The molecule has 0 aliphatic carbocycles. The number of hydrogen-bond acceptors (Lipinski definition) is 3. The highest BCUT2D eigenvalue weighted by atomic mass is 35.5. The number of nitrogens with zero attached hydrogens (tertiary/aromatic N) is 1. The number of ether oxygens (including phenoxy) is 2. The van der Waals surface area contributed by atoms with Gasteiger partial charge in [-0.05, 0) is 19.9 Å². The zero-order valence-corrected chi connectivity index (χ0v) is 11.8. The first-order valence-corrected chi connectivity index (χ1v) is 6.43. The minimum absolute atomic E-state index is 0.0671. The van der Waals surface area contributed by atoms with Gasteiger partial charge >= 0.3 is 0 Å². The van der Waals surface area contributed by atoms with Crippen LogP contribution in [0, 0.1) is 5.82 Å². The average Bonchev–Trinajstić information content (AvgIpc) is 2.40. The molecule has 0 aliphatic rings. The van der Waals surface area contributed by atoms with Crippen molar-refractivity contribution in [2.24, 2.45) is 10.7 Å². The maximum Gasteiger partial charge on any atom is 0.216 e. The number of benzene rings is 1. The van der Waals surface area contributed by atoms with Crippen LogP contribution >= 0.6 is 11.6 Å². The van der Waals surface area contributed by atoms with Crippen LogP contribution in [-0.4, -0.2) is 25.3 Å². The molecule has 0 bridgehead atoms. The highest BCUT2D eigenvalue weighted by Crippen LogP contribution is 2.18. The summed E-state index contributed by atoms with van der Waals surface area (Å²) >= 11 is 5.69. The topological polar surface area (TPSA) is 56.8 Å². The quantitative estimate of drug-likeness (QED) is 0.477. The molecule has 19 heavy (non-hydrogen) atoms. The second kappa shape index (κ2) is 8.09. The van der Waals surface area contributed by atoms with E-state index in [-0.39, 0.29) is 17.4 Å². The van der Waals surface area contributed by atoms with Crippen molar-refractivity contribution in [1.82, 2.24) is 0 Å². The smallest absolute Gasteiger partial charge is 0.216 e. The molecule has 0 fully saturated rings. The number of aliphatic imine (C=N–C) groups is 1. The fourth-order valence-corrected chi connectivity index (χ4v) is 1.64. The molecule has 106 valence electrons. The summed E-state index contributed by atoms with van der Waals surface area (Å²) in [5, 5.41) is 0.0671. The van der Waals surface area contributed by atoms with Gasteiger partial charge in [-0.25, -0.2) is 4.39 Å². The molecule has 0 atom stereocenters. The predicted octanol–water partition coefficient (Wildman–Crippen LogP) is 2.74. The Morgan fingerprint density at radius 2 is 2.00 bits per heavy atom. The van der Waals surface area contributed by atoms with Crippen molar-refractivity contribution < 1.29 is 13.9 Å². The molecule has 1 aromatic carbocycles. The Labute approximate surface area is 117 Å². The molecule has 0 heterocycles. The van der Waals surface area contributed by atoms with E-state index in [4.69, 9.17) is 26.8 Å². The van der Waals surface area contributed by atoms with Crippen LogP contribution in [0.2, 0.25) is 5.02 Å². The summed E-state index contributed by atoms with van der Waals surface area (Å²) in [7, 11) is 0. The Balaban J connectivity index is 2.75. The fourth-order valence-electron chi connectivity index (χ4n) is 1.44. The molecule has 0 unspecified atom stereocenters. The van der Waals surface area contributed by atoms with Crippen molar-refractivity contribution in [3.05, 3.63) is 34.6 Å². The maximum absolute atomic E-state index is 13.6. The van der Waals surface area contributed by atoms with Gasteiger partial charge in [-0.2, -0.15) is 0 Å². The van der Waals surface area contributed by atoms with Crippen molar-refractivity contribution in [3.8, 4) is 0 Å². The monoisotopic (exact) mass is 288 g/mol. The highest BCUT2D eigenvalue weighted by molar-refractivity contribution is 6.30. The second-order valence-electron chi connectivity index (χ2n) is 3.70. The van der Waals surface area contributed by atoms with Crippen LogP contribution in [0.5, 0.6) is 0 Å². The zero-order valence-electron chi connectivity index (χ0n) is 11.0. The van der Waals surface area contributed by atoms with Gasteiger partial charge in [0.15, 0.2) is 5.84 Å². The molecule has 0 aliphatic heterocycles. The Morgan fingerprint density at radius 3 is 2.58 bits per heavy atom. The SMILES string of the molecule is CCOC(OCC)C(N)=NCc1cccc(Cl)c1F. The minimum Gasteiger partial charge on any atom is -0.383 e. The summed E-state index contributed by atoms with van der Waals surface area (Å²) in [5.41, 5.74) is 6.15. The lowest BCUT2D eigenvalue weighted by molar-refractivity contribution is -0.0907. The van der Waals surface area contributed by atoms with Gasteiger partial charge in [0.25, 0.3) is 0 Å². The first-order chi connectivity index (χ1) is 9.10. The van der Waals surface area contributed by atoms with Gasteiger partial charge in [-0.3, -0.25) is 4.99 Å². The lowest BCUT2D eigenvalue weighted by Crippen LogP contribution is -2.34. The zero-order chi connectivity index (χ0) is 14.3. The van der Waals surface area contributed by atoms with Crippen molar-refractivity contribution in [1.29, 1.82) is 0 Å². The standard InChI is InChI=1S/C13H18ClFN2O2/c1-3-18-13(19-4-2)12(16)17-8-9-6-5-7-10(14)11(9)15/h5-7,13H,3-4,8H2,1-2H3,(H2,16,17). The Bertz CT molecular complexity index is 435. The van der Waals surface area contributed by atoms with Gasteiger partial charge in [0.2, 0.25) is 6.29 Å². The van der Waals surface area contributed by atoms with E-state index in [1.54, 1.807) is 12.1 Å². The molecule has 2 N–H and O–H groups in total. The lowest BCUT2D eigenvalue weighted by Gasteiger charge is -2.16. The van der Waals surface area contributed by atoms with Crippen LogP contribution < -0.4 is 5.73 Å². The molecule has 0 saturated carbocycles. The van der Waals surface area contributed by atoms with E-state index >= 15 is 0 Å². The lowest BCUT2D eigenvalue weighted by atomic mass is 10.2. The van der Waals surface area contributed by atoms with Crippen molar-refractivity contribution in [2.45, 2.75) is 26.7 Å². The summed E-state index contributed by atoms with van der Waals surface area (Å²) in [5.74, 6) is -0.298. The van der Waals surface area contributed by atoms with Crippen molar-refractivity contribution in [2.75, 3.05) is 13.2 Å². The van der Waals surface area contributed by atoms with Crippen LogP contribution in [0.15, 0.2) is 23.2 Å². The number of halogens is 2. The number of rotatable bonds is 7. The number of nitrogens with two attached hydrogens (primary N) is 1. The molecule has 4 nitrogen and oxygen atoms in total. The largest absolute Gasteiger partial charge is 0.383 e. The van der Waals surface area contributed by atoms with Gasteiger partial charge < -0.3 is 15.2 Å². The van der Waals surface area contributed by atoms with E-state index in [9.17, 15) is 4.39 Å². The third kappa shape index (κ3) is 4.78. The van der Waals surface area contributed by atoms with Gasteiger partial charge in [0, 0.05) is 18.8 Å². The maximum atomic E-state index is 13.6. The first kappa shape index (κ1) is 15.9. The minimum atomic E-state index is -0.697. The summed E-state index contributed by atoms with van der Waals surface area (Å²) in [6.45, 7) is 4.65. The van der Waals surface area contributed by atoms with Crippen LogP contribution in [0.1, 0.15) is 19.4 Å². The molecule has 0 radical (unpaired) electrons. The van der Waals surface area contributed by atoms with E-state index in [1.807, 2.05) is 13.8 Å². The molecule has 0 amide bonds. The Morgan fingerprint density at radius 1 is 1.37 bits per heavy atom.